The molecule has 0 aliphatic carbocycles. The Morgan fingerprint density at radius 1 is 1.36 bits per heavy atom. The number of allylic oxidation sites excluding steroid dienone is 1. The minimum Gasteiger partial charge on any atom is -0.391 e. The Morgan fingerprint density at radius 2 is 2.12 bits per heavy atom. The number of hydrogen-bond acceptors (Lipinski definition) is 6. The monoisotopic (exact) mass is 361 g/mol. The van der Waals surface area contributed by atoms with Crippen LogP contribution < -0.4 is 5.56 Å². The highest BCUT2D eigenvalue weighted by Gasteiger charge is 2.17. The Kier molecular flexibility index (Phi) is 6.25. The molecule has 1 atom stereocenters. The molecule has 1 aromatic heterocycles. The first kappa shape index (κ1) is 18.1. The van der Waals surface area contributed by atoms with Crippen molar-refractivity contribution >= 4 is 22.7 Å². The third-order valence-corrected chi connectivity index (χ3v) is 5.24. The Morgan fingerprint density at radius 3 is 2.88 bits per heavy atom. The Labute approximate surface area is 151 Å². The van der Waals surface area contributed by atoms with E-state index in [1.807, 2.05) is 18.2 Å². The molecule has 1 aromatic carbocycles. The van der Waals surface area contributed by atoms with E-state index in [2.05, 4.69) is 16.5 Å². The Hall–Kier alpha value is -1.67. The van der Waals surface area contributed by atoms with Crippen LogP contribution in [0.4, 0.5) is 0 Å². The van der Waals surface area contributed by atoms with Crippen LogP contribution in [0.2, 0.25) is 0 Å². The number of hydrogen-bond donors (Lipinski definition) is 1. The number of fused-ring (bicyclic) bond motifs is 1. The van der Waals surface area contributed by atoms with Gasteiger partial charge in [-0.1, -0.05) is 30.0 Å². The van der Waals surface area contributed by atoms with Crippen LogP contribution in [0.3, 0.4) is 0 Å². The number of morpholine rings is 1. The lowest BCUT2D eigenvalue weighted by Gasteiger charge is -2.28. The third-order valence-electron chi connectivity index (χ3n) is 4.12. The van der Waals surface area contributed by atoms with Gasteiger partial charge in [-0.25, -0.2) is 4.98 Å². The molecule has 0 amide bonds. The van der Waals surface area contributed by atoms with E-state index in [9.17, 15) is 9.90 Å². The highest BCUT2D eigenvalue weighted by atomic mass is 32.2. The first-order valence-electron chi connectivity index (χ1n) is 8.40. The SMILES string of the molecule is C=CCn1c(SC[C@@H](O)CN2CCOCC2)nc2ccccc2c1=O. The number of thioether (sulfide) groups is 1. The molecule has 3 rings (SSSR count). The van der Waals surface area contributed by atoms with Gasteiger partial charge in [-0.3, -0.25) is 14.3 Å². The molecule has 1 aliphatic rings. The zero-order valence-corrected chi connectivity index (χ0v) is 15.0. The molecule has 0 unspecified atom stereocenters. The lowest BCUT2D eigenvalue weighted by atomic mass is 10.2. The molecule has 1 saturated heterocycles. The Balaban J connectivity index is 1.74. The van der Waals surface area contributed by atoms with Crippen molar-refractivity contribution in [2.45, 2.75) is 17.8 Å². The van der Waals surface area contributed by atoms with Gasteiger partial charge in [-0.15, -0.1) is 6.58 Å². The van der Waals surface area contributed by atoms with E-state index in [-0.39, 0.29) is 5.56 Å². The molecule has 6 nitrogen and oxygen atoms in total. The average molecular weight is 361 g/mol. The molecule has 2 aromatic rings. The van der Waals surface area contributed by atoms with Gasteiger partial charge in [0.25, 0.3) is 5.56 Å². The van der Waals surface area contributed by atoms with Gasteiger partial charge < -0.3 is 9.84 Å². The maximum absolute atomic E-state index is 12.7. The highest BCUT2D eigenvalue weighted by molar-refractivity contribution is 7.99. The molecule has 7 heteroatoms. The highest BCUT2D eigenvalue weighted by Crippen LogP contribution is 2.19. The first-order valence-corrected chi connectivity index (χ1v) is 9.39. The molecule has 0 bridgehead atoms. The van der Waals surface area contributed by atoms with Crippen molar-refractivity contribution in [2.24, 2.45) is 0 Å². The molecule has 0 spiro atoms. The van der Waals surface area contributed by atoms with Crippen molar-refractivity contribution < 1.29 is 9.84 Å². The number of rotatable bonds is 7. The molecule has 25 heavy (non-hydrogen) atoms. The zero-order chi connectivity index (χ0) is 17.6. The van der Waals surface area contributed by atoms with Crippen molar-refractivity contribution in [3.8, 4) is 0 Å². The number of aliphatic hydroxyl groups excluding tert-OH is 1. The fourth-order valence-corrected chi connectivity index (χ4v) is 3.78. The summed E-state index contributed by atoms with van der Waals surface area (Å²) in [6.07, 6.45) is 1.20. The van der Waals surface area contributed by atoms with Crippen LogP contribution in [0.1, 0.15) is 0 Å². The predicted octanol–water partition coefficient (Wildman–Crippen LogP) is 1.37. The summed E-state index contributed by atoms with van der Waals surface area (Å²) in [7, 11) is 0. The summed E-state index contributed by atoms with van der Waals surface area (Å²) in [4.78, 5) is 19.5. The summed E-state index contributed by atoms with van der Waals surface area (Å²) in [5.74, 6) is 0.485. The van der Waals surface area contributed by atoms with Crippen molar-refractivity contribution in [1.82, 2.24) is 14.5 Å². The largest absolute Gasteiger partial charge is 0.391 e. The predicted molar refractivity (Wildman–Crippen MR) is 100 cm³/mol. The van der Waals surface area contributed by atoms with Crippen LogP contribution >= 0.6 is 11.8 Å². The quantitative estimate of drug-likeness (QED) is 0.456. The van der Waals surface area contributed by atoms with E-state index >= 15 is 0 Å². The number of nitrogens with zero attached hydrogens (tertiary/aromatic N) is 3. The molecule has 1 aliphatic heterocycles. The van der Waals surface area contributed by atoms with Gasteiger partial charge in [-0.2, -0.15) is 0 Å². The van der Waals surface area contributed by atoms with E-state index in [0.717, 1.165) is 13.1 Å². The fraction of sp³-hybridized carbons (Fsp3) is 0.444. The lowest BCUT2D eigenvalue weighted by molar-refractivity contribution is 0.0188. The van der Waals surface area contributed by atoms with Gasteiger partial charge in [0.2, 0.25) is 0 Å². The summed E-state index contributed by atoms with van der Waals surface area (Å²) in [5.41, 5.74) is 0.605. The molecule has 0 saturated carbocycles. The van der Waals surface area contributed by atoms with Crippen LogP contribution in [0.15, 0.2) is 46.9 Å². The van der Waals surface area contributed by atoms with Crippen LogP contribution in [0.25, 0.3) is 10.9 Å². The Bertz CT molecular complexity index is 787. The maximum atomic E-state index is 12.7. The van der Waals surface area contributed by atoms with E-state index in [4.69, 9.17) is 4.74 Å². The minimum atomic E-state index is -0.483. The van der Waals surface area contributed by atoms with Crippen LogP contribution in [-0.4, -0.2) is 64.3 Å². The van der Waals surface area contributed by atoms with Crippen LogP contribution in [-0.2, 0) is 11.3 Å². The second-order valence-corrected chi connectivity index (χ2v) is 6.98. The number of aliphatic hydroxyl groups is 1. The summed E-state index contributed by atoms with van der Waals surface area (Å²) in [6, 6.07) is 7.33. The summed E-state index contributed by atoms with van der Waals surface area (Å²) in [5, 5.41) is 11.5. The van der Waals surface area contributed by atoms with E-state index < -0.39 is 6.10 Å². The van der Waals surface area contributed by atoms with Gasteiger partial charge >= 0.3 is 0 Å². The third kappa shape index (κ3) is 4.49. The van der Waals surface area contributed by atoms with E-state index in [1.54, 1.807) is 16.7 Å². The van der Waals surface area contributed by atoms with Gasteiger partial charge in [0.15, 0.2) is 5.16 Å². The molecule has 0 radical (unpaired) electrons. The summed E-state index contributed by atoms with van der Waals surface area (Å²) >= 11 is 1.41. The van der Waals surface area contributed by atoms with Crippen molar-refractivity contribution in [2.75, 3.05) is 38.6 Å². The second kappa shape index (κ2) is 8.62. The van der Waals surface area contributed by atoms with Gasteiger partial charge in [-0.05, 0) is 12.1 Å². The smallest absolute Gasteiger partial charge is 0.262 e. The number of aromatic nitrogens is 2. The second-order valence-electron chi connectivity index (χ2n) is 5.99. The van der Waals surface area contributed by atoms with E-state index in [0.29, 0.717) is 48.1 Å². The number of ether oxygens (including phenoxy) is 1. The maximum Gasteiger partial charge on any atom is 0.262 e. The van der Waals surface area contributed by atoms with Crippen molar-refractivity contribution in [3.05, 3.63) is 47.3 Å². The standard InChI is InChI=1S/C18H23N3O3S/c1-2-7-21-17(23)15-5-3-4-6-16(15)19-18(21)25-13-14(22)12-20-8-10-24-11-9-20/h2-6,14,22H,1,7-13H2/t14-/m0/s1. The summed E-state index contributed by atoms with van der Waals surface area (Å²) in [6.45, 7) is 7.85. The molecule has 1 fully saturated rings. The average Bonchev–Trinajstić information content (AvgIpc) is 2.63. The zero-order valence-electron chi connectivity index (χ0n) is 14.1. The van der Waals surface area contributed by atoms with Crippen molar-refractivity contribution in [3.63, 3.8) is 0 Å². The summed E-state index contributed by atoms with van der Waals surface area (Å²) < 4.78 is 6.93. The number of benzene rings is 1. The molecular formula is C18H23N3O3S. The molecular weight excluding hydrogens is 338 g/mol. The normalized spacial score (nSPS) is 16.8. The number of β-amino-alcohol motifs (C(OH)–C–C–N with tert-alkyl or cyclic N) is 1. The molecule has 1 N–H and O–H groups in total. The minimum absolute atomic E-state index is 0.0735. The van der Waals surface area contributed by atoms with E-state index in [1.165, 1.54) is 11.8 Å². The molecule has 134 valence electrons. The molecule has 2 heterocycles. The first-order chi connectivity index (χ1) is 12.2. The van der Waals surface area contributed by atoms with Gasteiger partial charge in [0.1, 0.15) is 0 Å². The van der Waals surface area contributed by atoms with Gasteiger partial charge in [0.05, 0.1) is 30.2 Å². The van der Waals surface area contributed by atoms with Crippen LogP contribution in [0.5, 0.6) is 0 Å². The lowest BCUT2D eigenvalue weighted by Crippen LogP contribution is -2.41. The van der Waals surface area contributed by atoms with Crippen LogP contribution in [0, 0.1) is 0 Å². The topological polar surface area (TPSA) is 67.6 Å². The van der Waals surface area contributed by atoms with Crippen molar-refractivity contribution in [1.29, 1.82) is 0 Å². The van der Waals surface area contributed by atoms with Gasteiger partial charge in [0, 0.05) is 31.9 Å². The number of para-hydroxylation sites is 1. The fourth-order valence-electron chi connectivity index (χ4n) is 2.85.